The molecule has 0 aliphatic heterocycles. The number of esters is 1. The molecule has 0 bridgehead atoms. The highest BCUT2D eigenvalue weighted by atomic mass is 35.5. The van der Waals surface area contributed by atoms with E-state index in [2.05, 4.69) is 15.3 Å². The molecule has 0 aliphatic rings. The fraction of sp³-hybridized carbons (Fsp3) is 0.200. The third-order valence-corrected chi connectivity index (χ3v) is 4.29. The number of nitrogens with zero attached hydrogens (tertiary/aromatic N) is 2. The van der Waals surface area contributed by atoms with Crippen molar-refractivity contribution < 1.29 is 14.3 Å². The molecule has 3 rings (SSSR count). The maximum absolute atomic E-state index is 12.7. The van der Waals surface area contributed by atoms with Crippen LogP contribution in [0.3, 0.4) is 0 Å². The highest BCUT2D eigenvalue weighted by Gasteiger charge is 2.24. The van der Waals surface area contributed by atoms with E-state index in [1.54, 1.807) is 19.1 Å². The zero-order chi connectivity index (χ0) is 19.4. The number of aryl methyl sites for hydroxylation is 1. The molecule has 0 spiro atoms. The van der Waals surface area contributed by atoms with Gasteiger partial charge < -0.3 is 10.1 Å². The molecule has 3 aromatic rings. The second kappa shape index (κ2) is 8.14. The van der Waals surface area contributed by atoms with E-state index in [0.717, 1.165) is 16.6 Å². The van der Waals surface area contributed by atoms with Crippen molar-refractivity contribution in [1.82, 2.24) is 9.97 Å². The normalized spacial score (nSPS) is 11.8. The van der Waals surface area contributed by atoms with Crippen molar-refractivity contribution in [3.8, 4) is 0 Å². The Balaban J connectivity index is 1.80. The van der Waals surface area contributed by atoms with Gasteiger partial charge in [0, 0.05) is 17.3 Å². The number of benzene rings is 1. The quantitative estimate of drug-likeness (QED) is 0.528. The maximum Gasteiger partial charge on any atom is 0.342 e. The second-order valence-electron chi connectivity index (χ2n) is 5.96. The SMILES string of the molecule is CCC(OC(=O)c1cccnc1Cl)C(=O)Nc1cc(C)nc2ccccc12. The van der Waals surface area contributed by atoms with Gasteiger partial charge in [-0.2, -0.15) is 0 Å². The Hall–Kier alpha value is -2.99. The number of hydrogen-bond donors (Lipinski definition) is 1. The van der Waals surface area contributed by atoms with Crippen LogP contribution in [0.4, 0.5) is 5.69 Å². The van der Waals surface area contributed by atoms with Crippen LogP contribution in [-0.4, -0.2) is 27.9 Å². The lowest BCUT2D eigenvalue weighted by molar-refractivity contribution is -0.124. The summed E-state index contributed by atoms with van der Waals surface area (Å²) in [6, 6.07) is 12.4. The van der Waals surface area contributed by atoms with E-state index < -0.39 is 18.0 Å². The van der Waals surface area contributed by atoms with Crippen LogP contribution in [0.15, 0.2) is 48.7 Å². The van der Waals surface area contributed by atoms with Gasteiger partial charge in [0.2, 0.25) is 0 Å². The molecule has 0 saturated carbocycles. The van der Waals surface area contributed by atoms with Crippen LogP contribution in [-0.2, 0) is 9.53 Å². The first-order chi connectivity index (χ1) is 13.0. The predicted molar refractivity (Wildman–Crippen MR) is 104 cm³/mol. The number of anilines is 1. The van der Waals surface area contributed by atoms with Crippen LogP contribution in [0.25, 0.3) is 10.9 Å². The molecule has 2 heterocycles. The number of aromatic nitrogens is 2. The summed E-state index contributed by atoms with van der Waals surface area (Å²) in [7, 11) is 0. The second-order valence-corrected chi connectivity index (χ2v) is 6.32. The number of rotatable bonds is 5. The van der Waals surface area contributed by atoms with Crippen LogP contribution >= 0.6 is 11.6 Å². The molecule has 1 aromatic carbocycles. The summed E-state index contributed by atoms with van der Waals surface area (Å²) in [5.41, 5.74) is 2.30. The number of hydrogen-bond acceptors (Lipinski definition) is 5. The van der Waals surface area contributed by atoms with Crippen molar-refractivity contribution in [3.63, 3.8) is 0 Å². The van der Waals surface area contributed by atoms with Gasteiger partial charge in [-0.3, -0.25) is 9.78 Å². The van der Waals surface area contributed by atoms with Gasteiger partial charge in [-0.05, 0) is 37.6 Å². The minimum atomic E-state index is -0.957. The average Bonchev–Trinajstić information content (AvgIpc) is 2.66. The number of amides is 1. The summed E-state index contributed by atoms with van der Waals surface area (Å²) in [6.07, 6.45) is 0.832. The molecule has 0 aliphatic carbocycles. The lowest BCUT2D eigenvalue weighted by Crippen LogP contribution is -2.32. The standard InChI is InChI=1S/C20H18ClN3O3/c1-3-17(27-20(26)14-8-6-10-22-18(14)21)19(25)24-16-11-12(2)23-15-9-5-4-7-13(15)16/h4-11,17H,3H2,1-2H3,(H,23,24,25). The lowest BCUT2D eigenvalue weighted by Gasteiger charge is -2.17. The van der Waals surface area contributed by atoms with E-state index in [0.29, 0.717) is 12.1 Å². The number of carbonyl (C=O) groups is 2. The fourth-order valence-electron chi connectivity index (χ4n) is 2.68. The highest BCUT2D eigenvalue weighted by molar-refractivity contribution is 6.32. The number of para-hydroxylation sites is 1. The van der Waals surface area contributed by atoms with Crippen molar-refractivity contribution in [2.24, 2.45) is 0 Å². The van der Waals surface area contributed by atoms with E-state index in [9.17, 15) is 9.59 Å². The van der Waals surface area contributed by atoms with Crippen molar-refractivity contribution >= 4 is 40.1 Å². The third-order valence-electron chi connectivity index (χ3n) is 3.99. The van der Waals surface area contributed by atoms with Gasteiger partial charge in [0.05, 0.1) is 16.8 Å². The monoisotopic (exact) mass is 383 g/mol. The van der Waals surface area contributed by atoms with Gasteiger partial charge in [-0.1, -0.05) is 36.7 Å². The van der Waals surface area contributed by atoms with Crippen LogP contribution < -0.4 is 5.32 Å². The molecule has 1 N–H and O–H groups in total. The summed E-state index contributed by atoms with van der Waals surface area (Å²) >= 11 is 5.92. The first-order valence-electron chi connectivity index (χ1n) is 8.48. The summed E-state index contributed by atoms with van der Waals surface area (Å²) in [5.74, 6) is -1.10. The zero-order valence-electron chi connectivity index (χ0n) is 14.9. The maximum atomic E-state index is 12.7. The van der Waals surface area contributed by atoms with Crippen LogP contribution in [0.2, 0.25) is 5.15 Å². The van der Waals surface area contributed by atoms with Crippen molar-refractivity contribution in [3.05, 3.63) is 65.1 Å². The van der Waals surface area contributed by atoms with E-state index in [1.807, 2.05) is 31.2 Å². The summed E-state index contributed by atoms with van der Waals surface area (Å²) in [6.45, 7) is 3.61. The number of halogens is 1. The molecule has 6 nitrogen and oxygen atoms in total. The van der Waals surface area contributed by atoms with E-state index in [-0.39, 0.29) is 10.7 Å². The summed E-state index contributed by atoms with van der Waals surface area (Å²) in [5, 5.41) is 3.69. The summed E-state index contributed by atoms with van der Waals surface area (Å²) in [4.78, 5) is 33.3. The molecule has 7 heteroatoms. The van der Waals surface area contributed by atoms with E-state index >= 15 is 0 Å². The van der Waals surface area contributed by atoms with Crippen LogP contribution in [0.5, 0.6) is 0 Å². The molecule has 138 valence electrons. The Bertz CT molecular complexity index is 1010. The van der Waals surface area contributed by atoms with E-state index in [4.69, 9.17) is 16.3 Å². The first kappa shape index (κ1) is 18.8. The molecule has 0 saturated heterocycles. The van der Waals surface area contributed by atoms with Crippen LogP contribution in [0, 0.1) is 6.92 Å². The number of carbonyl (C=O) groups excluding carboxylic acids is 2. The number of ether oxygens (including phenoxy) is 1. The van der Waals surface area contributed by atoms with Crippen molar-refractivity contribution in [2.75, 3.05) is 5.32 Å². The molecule has 1 unspecified atom stereocenters. The smallest absolute Gasteiger partial charge is 0.342 e. The predicted octanol–water partition coefficient (Wildman–Crippen LogP) is 4.17. The Morgan fingerprint density at radius 2 is 2.00 bits per heavy atom. The Morgan fingerprint density at radius 1 is 1.22 bits per heavy atom. The molecule has 0 radical (unpaired) electrons. The summed E-state index contributed by atoms with van der Waals surface area (Å²) < 4.78 is 5.35. The lowest BCUT2D eigenvalue weighted by atomic mass is 10.1. The van der Waals surface area contributed by atoms with Crippen LogP contribution in [0.1, 0.15) is 29.4 Å². The Labute approximate surface area is 161 Å². The molecule has 1 amide bonds. The minimum Gasteiger partial charge on any atom is -0.449 e. The van der Waals surface area contributed by atoms with Gasteiger partial charge in [0.25, 0.3) is 5.91 Å². The van der Waals surface area contributed by atoms with Gasteiger partial charge in [0.15, 0.2) is 6.10 Å². The average molecular weight is 384 g/mol. The minimum absolute atomic E-state index is 0.0357. The van der Waals surface area contributed by atoms with Gasteiger partial charge >= 0.3 is 5.97 Å². The van der Waals surface area contributed by atoms with E-state index in [1.165, 1.54) is 12.3 Å². The number of nitrogens with one attached hydrogen (secondary N) is 1. The van der Waals surface area contributed by atoms with Gasteiger partial charge in [0.1, 0.15) is 5.15 Å². The largest absolute Gasteiger partial charge is 0.449 e. The molecule has 2 aromatic heterocycles. The zero-order valence-corrected chi connectivity index (χ0v) is 15.7. The number of pyridine rings is 2. The Morgan fingerprint density at radius 3 is 2.74 bits per heavy atom. The van der Waals surface area contributed by atoms with Gasteiger partial charge in [-0.15, -0.1) is 0 Å². The molecule has 0 fully saturated rings. The number of fused-ring (bicyclic) bond motifs is 1. The van der Waals surface area contributed by atoms with Gasteiger partial charge in [-0.25, -0.2) is 9.78 Å². The molecular weight excluding hydrogens is 366 g/mol. The third kappa shape index (κ3) is 4.23. The molecular formula is C20H18ClN3O3. The molecule has 27 heavy (non-hydrogen) atoms. The topological polar surface area (TPSA) is 81.2 Å². The Kier molecular flexibility index (Phi) is 5.66. The first-order valence-corrected chi connectivity index (χ1v) is 8.86. The van der Waals surface area contributed by atoms with Crippen molar-refractivity contribution in [2.45, 2.75) is 26.4 Å². The van der Waals surface area contributed by atoms with Crippen molar-refractivity contribution in [1.29, 1.82) is 0 Å². The molecule has 1 atom stereocenters. The fourth-order valence-corrected chi connectivity index (χ4v) is 2.87. The highest BCUT2D eigenvalue weighted by Crippen LogP contribution is 2.23.